The summed E-state index contributed by atoms with van der Waals surface area (Å²) in [5.41, 5.74) is 3.60. The Morgan fingerprint density at radius 1 is 1.25 bits per heavy atom. The molecule has 4 N–H and O–H groups in total. The minimum Gasteiger partial charge on any atom is -0.358 e. The molecule has 2 heterocycles. The number of fused-ring (bicyclic) bond motifs is 1. The van der Waals surface area contributed by atoms with Crippen LogP contribution in [0.3, 0.4) is 0 Å². The van der Waals surface area contributed by atoms with E-state index < -0.39 is 0 Å². The highest BCUT2D eigenvalue weighted by Crippen LogP contribution is 2.22. The Hall–Kier alpha value is -2.30. The van der Waals surface area contributed by atoms with Gasteiger partial charge in [-0.3, -0.25) is 14.7 Å². The third-order valence-corrected chi connectivity index (χ3v) is 4.57. The van der Waals surface area contributed by atoms with Gasteiger partial charge in [-0.1, -0.05) is 18.2 Å². The molecule has 1 fully saturated rings. The summed E-state index contributed by atoms with van der Waals surface area (Å²) in [5, 5.41) is 10.1. The van der Waals surface area contributed by atoms with Gasteiger partial charge in [0.2, 0.25) is 5.91 Å². The number of aromatic amines is 1. The number of carbonyl (C=O) groups is 2. The standard InChI is InChI=1S/C19H26N6O2.HI/c1-3-20-18(22-10-11-25-17(26)12-23-19(25)27)21-9-8-14-13(2)24-16-7-5-4-6-15(14)16;/h4-7,24H,3,8-12H2,1-2H3,(H,23,27)(H2,20,21,22);1H. The molecule has 28 heavy (non-hydrogen) atoms. The Kier molecular flexibility index (Phi) is 8.09. The van der Waals surface area contributed by atoms with E-state index in [0.717, 1.165) is 18.5 Å². The average molecular weight is 498 g/mol. The second-order valence-corrected chi connectivity index (χ2v) is 6.42. The van der Waals surface area contributed by atoms with Crippen LogP contribution in [0.25, 0.3) is 10.9 Å². The minimum absolute atomic E-state index is 0. The van der Waals surface area contributed by atoms with E-state index in [4.69, 9.17) is 0 Å². The van der Waals surface area contributed by atoms with Crippen molar-refractivity contribution in [1.29, 1.82) is 0 Å². The van der Waals surface area contributed by atoms with Crippen molar-refractivity contribution >= 4 is 52.8 Å². The number of carbonyl (C=O) groups excluding carboxylic acids is 2. The van der Waals surface area contributed by atoms with Crippen LogP contribution in [0.2, 0.25) is 0 Å². The highest BCUT2D eigenvalue weighted by molar-refractivity contribution is 14.0. The first-order chi connectivity index (χ1) is 13.1. The summed E-state index contributed by atoms with van der Waals surface area (Å²) in [6.07, 6.45) is 0.833. The van der Waals surface area contributed by atoms with Crippen LogP contribution in [0.5, 0.6) is 0 Å². The van der Waals surface area contributed by atoms with Crippen molar-refractivity contribution in [3.8, 4) is 0 Å². The molecule has 1 aromatic heterocycles. The Balaban J connectivity index is 0.00000280. The van der Waals surface area contributed by atoms with Gasteiger partial charge in [0.1, 0.15) is 0 Å². The number of halogens is 1. The summed E-state index contributed by atoms with van der Waals surface area (Å²) in [7, 11) is 0. The van der Waals surface area contributed by atoms with Crippen LogP contribution in [-0.2, 0) is 11.2 Å². The molecule has 1 aliphatic heterocycles. The summed E-state index contributed by atoms with van der Waals surface area (Å²) in [4.78, 5) is 32.4. The van der Waals surface area contributed by atoms with E-state index in [1.807, 2.05) is 19.1 Å². The molecule has 152 valence electrons. The van der Waals surface area contributed by atoms with Gasteiger partial charge in [0.25, 0.3) is 0 Å². The molecule has 8 nitrogen and oxygen atoms in total. The lowest BCUT2D eigenvalue weighted by Gasteiger charge is -2.15. The molecule has 0 saturated carbocycles. The largest absolute Gasteiger partial charge is 0.358 e. The number of guanidine groups is 1. The number of urea groups is 1. The lowest BCUT2D eigenvalue weighted by atomic mass is 10.1. The normalized spacial score (nSPS) is 14.2. The number of nitrogens with zero attached hydrogens (tertiary/aromatic N) is 2. The Bertz CT molecular complexity index is 847. The summed E-state index contributed by atoms with van der Waals surface area (Å²) in [6.45, 7) is 6.31. The molecule has 1 aromatic carbocycles. The Labute approximate surface area is 181 Å². The molecule has 0 unspecified atom stereocenters. The molecule has 0 spiro atoms. The van der Waals surface area contributed by atoms with Gasteiger partial charge in [-0.2, -0.15) is 0 Å². The van der Waals surface area contributed by atoms with Crippen molar-refractivity contribution in [1.82, 2.24) is 25.8 Å². The third-order valence-electron chi connectivity index (χ3n) is 4.57. The number of nitrogens with one attached hydrogen (secondary N) is 4. The van der Waals surface area contributed by atoms with Crippen molar-refractivity contribution < 1.29 is 9.59 Å². The summed E-state index contributed by atoms with van der Waals surface area (Å²) < 4.78 is 0. The first-order valence-corrected chi connectivity index (χ1v) is 9.26. The number of rotatable bonds is 7. The van der Waals surface area contributed by atoms with Gasteiger partial charge in [0.15, 0.2) is 5.96 Å². The fourth-order valence-electron chi connectivity index (χ4n) is 3.25. The van der Waals surface area contributed by atoms with Crippen LogP contribution in [0.1, 0.15) is 18.2 Å². The monoisotopic (exact) mass is 498 g/mol. The molecule has 3 amide bonds. The van der Waals surface area contributed by atoms with Crippen molar-refractivity contribution in [2.75, 3.05) is 32.7 Å². The van der Waals surface area contributed by atoms with Gasteiger partial charge in [-0.25, -0.2) is 4.79 Å². The van der Waals surface area contributed by atoms with Gasteiger partial charge in [0, 0.05) is 42.8 Å². The van der Waals surface area contributed by atoms with Crippen LogP contribution in [0.4, 0.5) is 4.79 Å². The zero-order valence-corrected chi connectivity index (χ0v) is 18.5. The smallest absolute Gasteiger partial charge is 0.324 e. The molecular weight excluding hydrogens is 471 g/mol. The molecule has 0 bridgehead atoms. The highest BCUT2D eigenvalue weighted by atomic mass is 127. The van der Waals surface area contributed by atoms with Crippen molar-refractivity contribution in [2.24, 2.45) is 4.99 Å². The van der Waals surface area contributed by atoms with Gasteiger partial charge in [0.05, 0.1) is 6.54 Å². The lowest BCUT2D eigenvalue weighted by molar-refractivity contribution is -0.124. The van der Waals surface area contributed by atoms with Crippen LogP contribution in [-0.4, -0.2) is 60.5 Å². The molecule has 1 aliphatic rings. The van der Waals surface area contributed by atoms with Crippen LogP contribution in [0, 0.1) is 6.92 Å². The second-order valence-electron chi connectivity index (χ2n) is 6.42. The molecule has 2 aromatic rings. The van der Waals surface area contributed by atoms with E-state index in [9.17, 15) is 9.59 Å². The van der Waals surface area contributed by atoms with E-state index in [2.05, 4.69) is 45.0 Å². The maximum absolute atomic E-state index is 11.6. The molecule has 0 aliphatic carbocycles. The molecule has 9 heteroatoms. The van der Waals surface area contributed by atoms with Gasteiger partial charge >= 0.3 is 6.03 Å². The molecule has 3 rings (SSSR count). The number of H-pyrrole nitrogens is 1. The topological polar surface area (TPSA) is 102 Å². The molecule has 0 atom stereocenters. The molecule has 1 saturated heterocycles. The van der Waals surface area contributed by atoms with Gasteiger partial charge in [-0.15, -0.1) is 24.0 Å². The summed E-state index contributed by atoms with van der Waals surface area (Å²) in [5.74, 6) is 0.487. The van der Waals surface area contributed by atoms with Gasteiger partial charge in [-0.05, 0) is 31.9 Å². The summed E-state index contributed by atoms with van der Waals surface area (Å²) in [6, 6.07) is 7.94. The number of para-hydroxylation sites is 1. The lowest BCUT2D eigenvalue weighted by Crippen LogP contribution is -2.43. The number of benzene rings is 1. The summed E-state index contributed by atoms with van der Waals surface area (Å²) >= 11 is 0. The van der Waals surface area contributed by atoms with Crippen molar-refractivity contribution in [3.63, 3.8) is 0 Å². The Morgan fingerprint density at radius 3 is 2.75 bits per heavy atom. The maximum Gasteiger partial charge on any atom is 0.324 e. The Morgan fingerprint density at radius 2 is 2.04 bits per heavy atom. The van der Waals surface area contributed by atoms with Gasteiger partial charge < -0.3 is 20.9 Å². The predicted molar refractivity (Wildman–Crippen MR) is 121 cm³/mol. The first kappa shape index (κ1) is 22.0. The second kappa shape index (κ2) is 10.3. The predicted octanol–water partition coefficient (Wildman–Crippen LogP) is 1.74. The maximum atomic E-state index is 11.6. The van der Waals surface area contributed by atoms with Crippen molar-refractivity contribution in [3.05, 3.63) is 35.5 Å². The third kappa shape index (κ3) is 5.15. The number of amides is 3. The molecule has 0 radical (unpaired) electrons. The van der Waals surface area contributed by atoms with Crippen molar-refractivity contribution in [2.45, 2.75) is 20.3 Å². The van der Waals surface area contributed by atoms with Crippen LogP contribution < -0.4 is 16.0 Å². The number of hydrogen-bond acceptors (Lipinski definition) is 3. The molecular formula is C19H27IN6O2. The van der Waals surface area contributed by atoms with Crippen LogP contribution >= 0.6 is 24.0 Å². The SMILES string of the molecule is CCNC(=NCCc1c(C)[nH]c2ccccc12)NCCN1C(=O)CNC1=O.I. The van der Waals surface area contributed by atoms with E-state index in [1.165, 1.54) is 21.5 Å². The number of aryl methyl sites for hydroxylation is 1. The van der Waals surface area contributed by atoms with Crippen LogP contribution in [0.15, 0.2) is 29.3 Å². The zero-order chi connectivity index (χ0) is 19.2. The number of aliphatic imine (C=N–C) groups is 1. The minimum atomic E-state index is -0.335. The fraction of sp³-hybridized carbons (Fsp3) is 0.421. The number of imide groups is 1. The first-order valence-electron chi connectivity index (χ1n) is 9.26. The number of aromatic nitrogens is 1. The number of hydrogen-bond donors (Lipinski definition) is 4. The fourth-order valence-corrected chi connectivity index (χ4v) is 3.25. The van der Waals surface area contributed by atoms with E-state index in [1.54, 1.807) is 0 Å². The van der Waals surface area contributed by atoms with E-state index >= 15 is 0 Å². The highest BCUT2D eigenvalue weighted by Gasteiger charge is 2.27. The zero-order valence-electron chi connectivity index (χ0n) is 16.2. The quantitative estimate of drug-likeness (QED) is 0.202. The van der Waals surface area contributed by atoms with E-state index in [0.29, 0.717) is 25.6 Å². The van der Waals surface area contributed by atoms with E-state index in [-0.39, 0.29) is 42.5 Å². The average Bonchev–Trinajstić information content (AvgIpc) is 3.15.